The average molecular weight is 461 g/mol. The highest BCUT2D eigenvalue weighted by molar-refractivity contribution is 5.89. The third kappa shape index (κ3) is 4.25. The molecular formula is C27H28N2O5. The standard InChI is InChI=1S/C27H28N2O5/c1-16-11-23(26-19-5-3-4-6-20(19)27(31)34-24(26)12-16)33-15-25(30)28-10-9-17-14-29-22-8-7-18(32-2)13-21(17)22/h7-8,11-14,29H,3-6,9-10,15H2,1-2H3,(H,28,30). The lowest BCUT2D eigenvalue weighted by Crippen LogP contribution is -2.30. The Morgan fingerprint density at radius 2 is 1.97 bits per heavy atom. The Balaban J connectivity index is 1.27. The van der Waals surface area contributed by atoms with Crippen LogP contribution in [0.4, 0.5) is 0 Å². The molecule has 0 atom stereocenters. The van der Waals surface area contributed by atoms with E-state index in [9.17, 15) is 9.59 Å². The molecule has 0 saturated heterocycles. The van der Waals surface area contributed by atoms with Crippen LogP contribution < -0.4 is 20.4 Å². The van der Waals surface area contributed by atoms with Crippen LogP contribution in [-0.4, -0.2) is 31.2 Å². The number of aryl methyl sites for hydroxylation is 2. The van der Waals surface area contributed by atoms with Crippen LogP contribution in [0.25, 0.3) is 21.9 Å². The summed E-state index contributed by atoms with van der Waals surface area (Å²) in [6, 6.07) is 9.66. The Morgan fingerprint density at radius 1 is 1.15 bits per heavy atom. The van der Waals surface area contributed by atoms with Crippen LogP contribution in [0.1, 0.15) is 35.1 Å². The smallest absolute Gasteiger partial charge is 0.339 e. The number of nitrogens with one attached hydrogen (secondary N) is 2. The minimum absolute atomic E-state index is 0.103. The number of aromatic nitrogens is 1. The number of amides is 1. The second-order valence-corrected chi connectivity index (χ2v) is 8.80. The third-order valence-corrected chi connectivity index (χ3v) is 6.48. The van der Waals surface area contributed by atoms with Crippen molar-refractivity contribution in [3.05, 3.63) is 69.2 Å². The molecule has 5 rings (SSSR count). The van der Waals surface area contributed by atoms with Crippen LogP contribution in [0.2, 0.25) is 0 Å². The molecule has 2 aromatic carbocycles. The zero-order valence-corrected chi connectivity index (χ0v) is 19.5. The highest BCUT2D eigenvalue weighted by Gasteiger charge is 2.21. The largest absolute Gasteiger partial charge is 0.497 e. The molecule has 0 unspecified atom stereocenters. The quantitative estimate of drug-likeness (QED) is 0.403. The lowest BCUT2D eigenvalue weighted by molar-refractivity contribution is -0.123. The van der Waals surface area contributed by atoms with Gasteiger partial charge in [-0.05, 0) is 86.1 Å². The second-order valence-electron chi connectivity index (χ2n) is 8.80. The lowest BCUT2D eigenvalue weighted by Gasteiger charge is -2.18. The molecule has 176 valence electrons. The molecule has 1 amide bonds. The summed E-state index contributed by atoms with van der Waals surface area (Å²) < 4.78 is 16.9. The van der Waals surface area contributed by atoms with Crippen molar-refractivity contribution >= 4 is 27.8 Å². The van der Waals surface area contributed by atoms with Crippen molar-refractivity contribution in [2.75, 3.05) is 20.3 Å². The predicted octanol–water partition coefficient (Wildman–Crippen LogP) is 4.21. The molecule has 7 heteroatoms. The summed E-state index contributed by atoms with van der Waals surface area (Å²) in [5, 5.41) is 4.84. The van der Waals surface area contributed by atoms with Gasteiger partial charge in [0, 0.05) is 29.2 Å². The van der Waals surface area contributed by atoms with Crippen molar-refractivity contribution in [2.24, 2.45) is 0 Å². The molecule has 0 radical (unpaired) electrons. The van der Waals surface area contributed by atoms with Crippen LogP contribution in [0.3, 0.4) is 0 Å². The topological polar surface area (TPSA) is 93.6 Å². The SMILES string of the molecule is COc1ccc2[nH]cc(CCNC(=O)COc3cc(C)cc4oc(=O)c5c(c34)CCCC5)c2c1. The summed E-state index contributed by atoms with van der Waals surface area (Å²) >= 11 is 0. The van der Waals surface area contributed by atoms with E-state index in [0.717, 1.165) is 70.0 Å². The molecular weight excluding hydrogens is 432 g/mol. The molecule has 0 spiro atoms. The van der Waals surface area contributed by atoms with E-state index >= 15 is 0 Å². The molecule has 2 N–H and O–H groups in total. The molecule has 1 aliphatic rings. The fourth-order valence-corrected chi connectivity index (χ4v) is 4.80. The highest BCUT2D eigenvalue weighted by atomic mass is 16.5. The molecule has 0 fully saturated rings. The maximum atomic E-state index is 12.5. The summed E-state index contributed by atoms with van der Waals surface area (Å²) in [6.45, 7) is 2.31. The Labute approximate surface area is 197 Å². The Kier molecular flexibility index (Phi) is 6.01. The summed E-state index contributed by atoms with van der Waals surface area (Å²) in [5.74, 6) is 1.20. The van der Waals surface area contributed by atoms with Crippen molar-refractivity contribution in [1.82, 2.24) is 10.3 Å². The van der Waals surface area contributed by atoms with Gasteiger partial charge in [-0.25, -0.2) is 4.79 Å². The van der Waals surface area contributed by atoms with E-state index < -0.39 is 0 Å². The first-order chi connectivity index (χ1) is 16.5. The Morgan fingerprint density at radius 3 is 2.79 bits per heavy atom. The average Bonchev–Trinajstić information content (AvgIpc) is 3.24. The Bertz CT molecular complexity index is 1430. The van der Waals surface area contributed by atoms with Gasteiger partial charge in [-0.3, -0.25) is 4.79 Å². The number of benzene rings is 2. The van der Waals surface area contributed by atoms with E-state index in [1.165, 1.54) is 0 Å². The number of H-pyrrole nitrogens is 1. The number of methoxy groups -OCH3 is 1. The van der Waals surface area contributed by atoms with Crippen LogP contribution in [0.5, 0.6) is 11.5 Å². The van der Waals surface area contributed by atoms with Gasteiger partial charge in [0.25, 0.3) is 5.91 Å². The van der Waals surface area contributed by atoms with E-state index in [2.05, 4.69) is 10.3 Å². The Hall–Kier alpha value is -3.74. The third-order valence-electron chi connectivity index (χ3n) is 6.48. The number of rotatable bonds is 7. The zero-order valence-electron chi connectivity index (χ0n) is 19.5. The fraction of sp³-hybridized carbons (Fsp3) is 0.333. The van der Waals surface area contributed by atoms with Crippen LogP contribution in [-0.2, 0) is 24.1 Å². The molecule has 1 aliphatic carbocycles. The van der Waals surface area contributed by atoms with Gasteiger partial charge in [-0.15, -0.1) is 0 Å². The van der Waals surface area contributed by atoms with Gasteiger partial charge in [-0.1, -0.05) is 0 Å². The van der Waals surface area contributed by atoms with Crippen molar-refractivity contribution in [3.8, 4) is 11.5 Å². The first-order valence-corrected chi connectivity index (χ1v) is 11.7. The minimum Gasteiger partial charge on any atom is -0.497 e. The summed E-state index contributed by atoms with van der Waals surface area (Å²) in [7, 11) is 1.65. The van der Waals surface area contributed by atoms with Gasteiger partial charge < -0.3 is 24.2 Å². The maximum Gasteiger partial charge on any atom is 0.339 e. The number of aromatic amines is 1. The molecule has 4 aromatic rings. The number of hydrogen-bond donors (Lipinski definition) is 2. The van der Waals surface area contributed by atoms with Crippen molar-refractivity contribution in [3.63, 3.8) is 0 Å². The molecule has 34 heavy (non-hydrogen) atoms. The molecule has 0 saturated carbocycles. The van der Waals surface area contributed by atoms with Gasteiger partial charge in [0.2, 0.25) is 0 Å². The van der Waals surface area contributed by atoms with E-state index in [-0.39, 0.29) is 18.1 Å². The first-order valence-electron chi connectivity index (χ1n) is 11.7. The van der Waals surface area contributed by atoms with E-state index in [1.54, 1.807) is 7.11 Å². The summed E-state index contributed by atoms with van der Waals surface area (Å²) in [6.07, 6.45) is 6.20. The van der Waals surface area contributed by atoms with Gasteiger partial charge in [0.15, 0.2) is 6.61 Å². The first kappa shape index (κ1) is 22.1. The monoisotopic (exact) mass is 460 g/mol. The number of carbonyl (C=O) groups excluding carboxylic acids is 1. The normalized spacial score (nSPS) is 13.1. The number of fused-ring (bicyclic) bond motifs is 4. The highest BCUT2D eigenvalue weighted by Crippen LogP contribution is 2.34. The van der Waals surface area contributed by atoms with E-state index in [1.807, 2.05) is 43.5 Å². The number of carbonyl (C=O) groups is 1. The lowest BCUT2D eigenvalue weighted by atomic mass is 9.90. The molecule has 2 heterocycles. The minimum atomic E-state index is -0.258. The van der Waals surface area contributed by atoms with Gasteiger partial charge >= 0.3 is 5.63 Å². The van der Waals surface area contributed by atoms with Gasteiger partial charge in [0.1, 0.15) is 17.1 Å². The fourth-order valence-electron chi connectivity index (χ4n) is 4.80. The van der Waals surface area contributed by atoms with E-state index in [4.69, 9.17) is 13.9 Å². The van der Waals surface area contributed by atoms with Crippen LogP contribution in [0.15, 0.2) is 45.7 Å². The van der Waals surface area contributed by atoms with Crippen molar-refractivity contribution < 1.29 is 18.7 Å². The molecule has 0 bridgehead atoms. The van der Waals surface area contributed by atoms with Gasteiger partial charge in [0.05, 0.1) is 12.5 Å². The molecule has 7 nitrogen and oxygen atoms in total. The van der Waals surface area contributed by atoms with Crippen LogP contribution >= 0.6 is 0 Å². The van der Waals surface area contributed by atoms with E-state index in [0.29, 0.717) is 24.3 Å². The zero-order chi connectivity index (χ0) is 23.7. The van der Waals surface area contributed by atoms with Gasteiger partial charge in [-0.2, -0.15) is 0 Å². The molecule has 2 aromatic heterocycles. The number of hydrogen-bond acceptors (Lipinski definition) is 5. The number of ether oxygens (including phenoxy) is 2. The summed E-state index contributed by atoms with van der Waals surface area (Å²) in [4.78, 5) is 28.2. The summed E-state index contributed by atoms with van der Waals surface area (Å²) in [5.41, 5.74) is 5.07. The predicted molar refractivity (Wildman–Crippen MR) is 131 cm³/mol. The second kappa shape index (κ2) is 9.25. The van der Waals surface area contributed by atoms with Crippen LogP contribution in [0, 0.1) is 6.92 Å². The van der Waals surface area contributed by atoms with Crippen molar-refractivity contribution in [2.45, 2.75) is 39.0 Å². The maximum absolute atomic E-state index is 12.5. The van der Waals surface area contributed by atoms with Crippen molar-refractivity contribution in [1.29, 1.82) is 0 Å². The molecule has 0 aliphatic heterocycles.